The van der Waals surface area contributed by atoms with Crippen molar-refractivity contribution in [1.82, 2.24) is 15.5 Å². The van der Waals surface area contributed by atoms with Crippen molar-refractivity contribution in [3.05, 3.63) is 23.8 Å². The molecule has 3 heterocycles. The maximum Gasteiger partial charge on any atom is 0.315 e. The summed E-state index contributed by atoms with van der Waals surface area (Å²) in [4.78, 5) is 28.6. The van der Waals surface area contributed by atoms with E-state index in [2.05, 4.69) is 44.9 Å². The number of likely N-dealkylation sites (N-methyl/N-ethyl adjacent to an activating group) is 1. The molecule has 3 N–H and O–H groups in total. The van der Waals surface area contributed by atoms with Crippen molar-refractivity contribution in [2.75, 3.05) is 49.2 Å². The second-order valence-corrected chi connectivity index (χ2v) is 11.5. The summed E-state index contributed by atoms with van der Waals surface area (Å²) in [5, 5.41) is 7.81. The summed E-state index contributed by atoms with van der Waals surface area (Å²) in [6, 6.07) is 5.14. The molecule has 3 saturated heterocycles. The quantitative estimate of drug-likeness (QED) is 0.412. The van der Waals surface area contributed by atoms with Gasteiger partial charge in [-0.25, -0.2) is 13.2 Å². The van der Waals surface area contributed by atoms with Gasteiger partial charge in [-0.3, -0.25) is 4.79 Å². The summed E-state index contributed by atoms with van der Waals surface area (Å²) < 4.78 is 24.7. The molecule has 1 aromatic carbocycles. The number of nitrogens with zero attached hydrogens (tertiary/aromatic N) is 2. The highest BCUT2D eigenvalue weighted by atomic mass is 32.2. The van der Waals surface area contributed by atoms with Crippen LogP contribution in [0.15, 0.2) is 18.2 Å². The number of aryl methyl sites for hydroxylation is 1. The molecule has 3 amide bonds. The van der Waals surface area contributed by atoms with E-state index < -0.39 is 15.1 Å². The zero-order chi connectivity index (χ0) is 22.9. The Hall–Kier alpha value is -2.33. The molecule has 0 saturated carbocycles. The van der Waals surface area contributed by atoms with Crippen LogP contribution in [0.2, 0.25) is 0 Å². The highest BCUT2D eigenvalue weighted by Crippen LogP contribution is 2.29. The summed E-state index contributed by atoms with van der Waals surface area (Å²) in [6.45, 7) is 6.09. The molecule has 0 unspecified atom stereocenters. The van der Waals surface area contributed by atoms with E-state index in [1.165, 1.54) is 5.69 Å². The van der Waals surface area contributed by atoms with E-state index in [-0.39, 0.29) is 29.8 Å². The predicted molar refractivity (Wildman–Crippen MR) is 125 cm³/mol. The maximum atomic E-state index is 12.4. The fourth-order valence-electron chi connectivity index (χ4n) is 4.90. The molecule has 32 heavy (non-hydrogen) atoms. The highest BCUT2D eigenvalue weighted by molar-refractivity contribution is 7.92. The molecule has 0 bridgehead atoms. The van der Waals surface area contributed by atoms with Crippen LogP contribution in [-0.4, -0.2) is 81.6 Å². The third-order valence-corrected chi connectivity index (χ3v) is 9.09. The van der Waals surface area contributed by atoms with Crippen LogP contribution in [0, 0.1) is 6.92 Å². The number of urea groups is 1. The van der Waals surface area contributed by atoms with E-state index >= 15 is 0 Å². The molecular formula is C22H33N5O4S. The predicted octanol–water partition coefficient (Wildman–Crippen LogP) is 1.09. The highest BCUT2D eigenvalue weighted by Gasteiger charge is 2.51. The number of carbonyl (C=O) groups excluding carboxylic acids is 2. The number of amides is 3. The Kier molecular flexibility index (Phi) is 6.62. The third kappa shape index (κ3) is 5.01. The van der Waals surface area contributed by atoms with E-state index in [9.17, 15) is 18.0 Å². The second-order valence-electron chi connectivity index (χ2n) is 9.20. The van der Waals surface area contributed by atoms with Gasteiger partial charge in [0.15, 0.2) is 9.84 Å². The van der Waals surface area contributed by atoms with E-state index in [0.717, 1.165) is 37.4 Å². The van der Waals surface area contributed by atoms with Gasteiger partial charge in [0.2, 0.25) is 5.91 Å². The lowest BCUT2D eigenvalue weighted by Gasteiger charge is -2.34. The summed E-state index contributed by atoms with van der Waals surface area (Å²) in [6.07, 6.45) is 2.02. The number of hydrogen-bond acceptors (Lipinski definition) is 6. The summed E-state index contributed by atoms with van der Waals surface area (Å²) in [5.74, 6) is -0.0752. The lowest BCUT2D eigenvalue weighted by molar-refractivity contribution is -0.116. The number of piperazine rings is 1. The van der Waals surface area contributed by atoms with Crippen LogP contribution in [0.4, 0.5) is 16.2 Å². The van der Waals surface area contributed by atoms with Crippen LogP contribution >= 0.6 is 0 Å². The Labute approximate surface area is 189 Å². The van der Waals surface area contributed by atoms with Crippen LogP contribution in [-0.2, 0) is 14.6 Å². The molecule has 3 aliphatic rings. The molecule has 0 aromatic heterocycles. The number of anilines is 2. The first kappa shape index (κ1) is 22.8. The van der Waals surface area contributed by atoms with Gasteiger partial charge in [-0.2, -0.15) is 0 Å². The summed E-state index contributed by atoms with van der Waals surface area (Å²) in [5.41, 5.74) is 3.02. The Morgan fingerprint density at radius 3 is 2.62 bits per heavy atom. The van der Waals surface area contributed by atoms with Gasteiger partial charge in [0.25, 0.3) is 0 Å². The lowest BCUT2D eigenvalue weighted by Crippen LogP contribution is -2.44. The molecule has 1 aromatic rings. The van der Waals surface area contributed by atoms with Crippen molar-refractivity contribution in [2.24, 2.45) is 0 Å². The van der Waals surface area contributed by atoms with Gasteiger partial charge < -0.3 is 25.8 Å². The lowest BCUT2D eigenvalue weighted by atomic mass is 10.0. The molecule has 0 spiro atoms. The SMILES string of the molecule is Cc1cc(N2CCN(C)CC2)ccc1NC(=O)CCCC[C@@H]1[C@H]2NC(=O)N[C@H]2CS1(=O)=O. The maximum absolute atomic E-state index is 12.4. The van der Waals surface area contributed by atoms with Crippen molar-refractivity contribution in [3.8, 4) is 0 Å². The van der Waals surface area contributed by atoms with Gasteiger partial charge >= 0.3 is 6.03 Å². The minimum absolute atomic E-state index is 0.00897. The third-order valence-electron chi connectivity index (χ3n) is 6.82. The first-order valence-electron chi connectivity index (χ1n) is 11.4. The second kappa shape index (κ2) is 9.27. The van der Waals surface area contributed by atoms with E-state index in [0.29, 0.717) is 25.7 Å². The fraction of sp³-hybridized carbons (Fsp3) is 0.636. The number of rotatable bonds is 7. The molecule has 3 aliphatic heterocycles. The van der Waals surface area contributed by atoms with E-state index in [4.69, 9.17) is 0 Å². The molecule has 176 valence electrons. The van der Waals surface area contributed by atoms with Gasteiger partial charge in [-0.1, -0.05) is 6.42 Å². The Morgan fingerprint density at radius 1 is 1.16 bits per heavy atom. The van der Waals surface area contributed by atoms with Crippen molar-refractivity contribution in [3.63, 3.8) is 0 Å². The zero-order valence-electron chi connectivity index (χ0n) is 18.8. The molecule has 4 rings (SSSR count). The van der Waals surface area contributed by atoms with Crippen LogP contribution < -0.4 is 20.9 Å². The zero-order valence-corrected chi connectivity index (χ0v) is 19.6. The van der Waals surface area contributed by atoms with Gasteiger partial charge in [-0.15, -0.1) is 0 Å². The van der Waals surface area contributed by atoms with Gasteiger partial charge in [0.1, 0.15) is 0 Å². The average molecular weight is 464 g/mol. The van der Waals surface area contributed by atoms with E-state index in [1.807, 2.05) is 13.0 Å². The minimum atomic E-state index is -3.23. The topological polar surface area (TPSA) is 111 Å². The first-order chi connectivity index (χ1) is 15.2. The standard InChI is InChI=1S/C22H33N5O4S/c1-15-13-16(27-11-9-26(2)10-12-27)7-8-17(15)23-20(28)6-4-3-5-19-21-18(14-32(19,30)31)24-22(29)25-21/h7-8,13,18-19,21H,3-6,9-12,14H2,1-2H3,(H,23,28)(H2,24,25,29)/t18-,19+,21-/m0/s1. The number of benzene rings is 1. The molecule has 3 fully saturated rings. The largest absolute Gasteiger partial charge is 0.369 e. The Morgan fingerprint density at radius 2 is 1.91 bits per heavy atom. The van der Waals surface area contributed by atoms with Crippen molar-refractivity contribution in [2.45, 2.75) is 49.9 Å². The number of hydrogen-bond donors (Lipinski definition) is 3. The van der Waals surface area contributed by atoms with Gasteiger partial charge in [0, 0.05) is 44.0 Å². The van der Waals surface area contributed by atoms with E-state index in [1.54, 1.807) is 0 Å². The van der Waals surface area contributed by atoms with Crippen molar-refractivity contribution in [1.29, 1.82) is 0 Å². The molecule has 9 nitrogen and oxygen atoms in total. The average Bonchev–Trinajstić information content (AvgIpc) is 3.18. The molecule has 10 heteroatoms. The normalized spacial score (nSPS) is 27.0. The number of sulfone groups is 1. The summed E-state index contributed by atoms with van der Waals surface area (Å²) >= 11 is 0. The number of nitrogens with one attached hydrogen (secondary N) is 3. The molecule has 0 radical (unpaired) electrons. The van der Waals surface area contributed by atoms with Crippen molar-refractivity contribution < 1.29 is 18.0 Å². The fourth-order valence-corrected chi connectivity index (χ4v) is 7.17. The number of carbonyl (C=O) groups is 2. The number of fused-ring (bicyclic) bond motifs is 1. The van der Waals surface area contributed by atoms with Gasteiger partial charge in [0.05, 0.1) is 23.1 Å². The van der Waals surface area contributed by atoms with Crippen LogP contribution in [0.5, 0.6) is 0 Å². The molecule has 3 atom stereocenters. The van der Waals surface area contributed by atoms with Crippen LogP contribution in [0.1, 0.15) is 31.2 Å². The smallest absolute Gasteiger partial charge is 0.315 e. The summed E-state index contributed by atoms with van der Waals surface area (Å²) in [7, 11) is -1.09. The monoisotopic (exact) mass is 463 g/mol. The van der Waals surface area contributed by atoms with Crippen LogP contribution in [0.25, 0.3) is 0 Å². The Bertz CT molecular complexity index is 975. The Balaban J connectivity index is 1.23. The minimum Gasteiger partial charge on any atom is -0.369 e. The molecule has 0 aliphatic carbocycles. The first-order valence-corrected chi connectivity index (χ1v) is 13.1. The van der Waals surface area contributed by atoms with Crippen LogP contribution in [0.3, 0.4) is 0 Å². The molecular weight excluding hydrogens is 430 g/mol. The number of unbranched alkanes of at least 4 members (excludes halogenated alkanes) is 1. The van der Waals surface area contributed by atoms with Gasteiger partial charge in [-0.05, 0) is 50.6 Å². The van der Waals surface area contributed by atoms with Crippen molar-refractivity contribution >= 4 is 33.2 Å².